The maximum Gasteiger partial charge on any atom is 0.244 e. The van der Waals surface area contributed by atoms with Gasteiger partial charge in [-0.2, -0.15) is 0 Å². The number of fused-ring (bicyclic) bond motifs is 1. The number of ether oxygens (including phenoxy) is 3. The number of nitrogens with one attached hydrogen (secondary N) is 1. The molecular formula is C23H27NO4. The zero-order valence-corrected chi connectivity index (χ0v) is 17.0. The van der Waals surface area contributed by atoms with Crippen LogP contribution in [0.4, 0.5) is 0 Å². The highest BCUT2D eigenvalue weighted by molar-refractivity contribution is 5.92. The van der Waals surface area contributed by atoms with Crippen molar-refractivity contribution in [2.24, 2.45) is 0 Å². The van der Waals surface area contributed by atoms with Crippen molar-refractivity contribution >= 4 is 12.0 Å². The Kier molecular flexibility index (Phi) is 5.63. The Morgan fingerprint density at radius 1 is 1.14 bits per heavy atom. The molecule has 2 aromatic rings. The molecule has 0 saturated carbocycles. The molecule has 0 unspecified atom stereocenters. The van der Waals surface area contributed by atoms with Gasteiger partial charge in [-0.05, 0) is 56.2 Å². The molecule has 148 valence electrons. The van der Waals surface area contributed by atoms with E-state index in [-0.39, 0.29) is 17.6 Å². The molecule has 0 aliphatic carbocycles. The van der Waals surface area contributed by atoms with E-state index in [4.69, 9.17) is 14.2 Å². The van der Waals surface area contributed by atoms with Crippen LogP contribution in [-0.4, -0.2) is 25.7 Å². The molecule has 5 nitrogen and oxygen atoms in total. The molecule has 0 saturated heterocycles. The van der Waals surface area contributed by atoms with Gasteiger partial charge in [-0.15, -0.1) is 0 Å². The van der Waals surface area contributed by atoms with Gasteiger partial charge in [-0.25, -0.2) is 0 Å². The minimum absolute atomic E-state index is 0.0955. The first-order chi connectivity index (χ1) is 13.3. The number of benzene rings is 2. The van der Waals surface area contributed by atoms with Crippen LogP contribution in [0.3, 0.4) is 0 Å². The van der Waals surface area contributed by atoms with Crippen LogP contribution >= 0.6 is 0 Å². The van der Waals surface area contributed by atoms with E-state index in [0.29, 0.717) is 17.9 Å². The Hall–Kier alpha value is -2.95. The third-order valence-corrected chi connectivity index (χ3v) is 4.78. The Balaban J connectivity index is 1.75. The number of carbonyl (C=O) groups excluding carboxylic acids is 1. The number of aryl methyl sites for hydroxylation is 1. The van der Waals surface area contributed by atoms with E-state index in [1.54, 1.807) is 20.3 Å². The summed E-state index contributed by atoms with van der Waals surface area (Å²) in [6, 6.07) is 11.5. The topological polar surface area (TPSA) is 56.8 Å². The molecule has 0 aromatic heterocycles. The summed E-state index contributed by atoms with van der Waals surface area (Å²) in [6.07, 6.45) is 4.01. The molecule has 0 fully saturated rings. The normalized spacial score (nSPS) is 17.5. The minimum atomic E-state index is -0.341. The average molecular weight is 381 g/mol. The van der Waals surface area contributed by atoms with Crippen molar-refractivity contribution in [3.05, 3.63) is 59.2 Å². The van der Waals surface area contributed by atoms with Crippen molar-refractivity contribution in [2.75, 3.05) is 14.2 Å². The Morgan fingerprint density at radius 3 is 2.61 bits per heavy atom. The van der Waals surface area contributed by atoms with Gasteiger partial charge >= 0.3 is 0 Å². The molecule has 1 amide bonds. The van der Waals surface area contributed by atoms with Gasteiger partial charge in [0, 0.05) is 18.1 Å². The van der Waals surface area contributed by atoms with Crippen LogP contribution in [0.1, 0.15) is 43.0 Å². The molecule has 0 bridgehead atoms. The Labute approximate surface area is 166 Å². The zero-order valence-electron chi connectivity index (χ0n) is 17.0. The van der Waals surface area contributed by atoms with Crippen LogP contribution < -0.4 is 19.5 Å². The minimum Gasteiger partial charge on any atom is -0.493 e. The lowest BCUT2D eigenvalue weighted by atomic mass is 9.89. The second kappa shape index (κ2) is 7.97. The first kappa shape index (κ1) is 19.8. The lowest BCUT2D eigenvalue weighted by Crippen LogP contribution is -2.40. The molecule has 3 rings (SSSR count). The summed E-state index contributed by atoms with van der Waals surface area (Å²) in [5.41, 5.74) is 2.66. The predicted molar refractivity (Wildman–Crippen MR) is 110 cm³/mol. The number of rotatable bonds is 5. The second-order valence-corrected chi connectivity index (χ2v) is 7.62. The second-order valence-electron chi connectivity index (χ2n) is 7.62. The lowest BCUT2D eigenvalue weighted by molar-refractivity contribution is -0.117. The highest BCUT2D eigenvalue weighted by Gasteiger charge is 2.34. The van der Waals surface area contributed by atoms with Gasteiger partial charge < -0.3 is 19.5 Å². The molecule has 1 N–H and O–H groups in total. The van der Waals surface area contributed by atoms with Gasteiger partial charge in [0.2, 0.25) is 5.91 Å². The van der Waals surface area contributed by atoms with Crippen LogP contribution in [0.2, 0.25) is 0 Å². The van der Waals surface area contributed by atoms with E-state index >= 15 is 0 Å². The predicted octanol–water partition coefficient (Wildman–Crippen LogP) is 4.44. The molecule has 5 heteroatoms. The van der Waals surface area contributed by atoms with Gasteiger partial charge in [0.25, 0.3) is 0 Å². The van der Waals surface area contributed by atoms with Crippen molar-refractivity contribution < 1.29 is 19.0 Å². The first-order valence-electron chi connectivity index (χ1n) is 9.31. The number of methoxy groups -OCH3 is 2. The average Bonchev–Trinajstić information content (AvgIpc) is 2.64. The van der Waals surface area contributed by atoms with Crippen LogP contribution in [0, 0.1) is 6.92 Å². The van der Waals surface area contributed by atoms with E-state index in [1.807, 2.05) is 57.2 Å². The van der Waals surface area contributed by atoms with E-state index in [2.05, 4.69) is 5.32 Å². The highest BCUT2D eigenvalue weighted by Crippen LogP contribution is 2.39. The van der Waals surface area contributed by atoms with Crippen LogP contribution in [-0.2, 0) is 4.79 Å². The third-order valence-electron chi connectivity index (χ3n) is 4.78. The summed E-state index contributed by atoms with van der Waals surface area (Å²) in [7, 11) is 3.18. The molecule has 28 heavy (non-hydrogen) atoms. The Bertz CT molecular complexity index is 901. The van der Waals surface area contributed by atoms with Gasteiger partial charge in [0.05, 0.1) is 20.3 Å². The van der Waals surface area contributed by atoms with Crippen molar-refractivity contribution in [2.45, 2.75) is 38.8 Å². The van der Waals surface area contributed by atoms with Crippen LogP contribution in [0.25, 0.3) is 6.08 Å². The fraction of sp³-hybridized carbons (Fsp3) is 0.348. The van der Waals surface area contributed by atoms with Crippen molar-refractivity contribution in [1.29, 1.82) is 0 Å². The number of carbonyl (C=O) groups is 1. The van der Waals surface area contributed by atoms with E-state index in [0.717, 1.165) is 22.4 Å². The SMILES string of the molecule is COc1ccc(/C=C/C(=O)N[C@@H]2CC(C)(C)Oc3cc(C)ccc32)cc1OC. The number of amides is 1. The van der Waals surface area contributed by atoms with Gasteiger partial charge in [-0.3, -0.25) is 4.79 Å². The zero-order chi connectivity index (χ0) is 20.3. The van der Waals surface area contributed by atoms with Crippen molar-refractivity contribution in [3.8, 4) is 17.2 Å². The van der Waals surface area contributed by atoms with Gasteiger partial charge in [-0.1, -0.05) is 18.2 Å². The molecule has 1 aliphatic heterocycles. The fourth-order valence-corrected chi connectivity index (χ4v) is 3.44. The molecule has 1 atom stereocenters. The number of hydrogen-bond acceptors (Lipinski definition) is 4. The largest absolute Gasteiger partial charge is 0.493 e. The van der Waals surface area contributed by atoms with E-state index in [1.165, 1.54) is 6.08 Å². The van der Waals surface area contributed by atoms with E-state index in [9.17, 15) is 4.79 Å². The maximum absolute atomic E-state index is 12.6. The van der Waals surface area contributed by atoms with Gasteiger partial charge in [0.15, 0.2) is 11.5 Å². The summed E-state index contributed by atoms with van der Waals surface area (Å²) in [5, 5.41) is 3.11. The summed E-state index contributed by atoms with van der Waals surface area (Å²) in [5.74, 6) is 1.97. The van der Waals surface area contributed by atoms with Crippen LogP contribution in [0.5, 0.6) is 17.2 Å². The summed E-state index contributed by atoms with van der Waals surface area (Å²) >= 11 is 0. The van der Waals surface area contributed by atoms with Crippen LogP contribution in [0.15, 0.2) is 42.5 Å². The molecule has 1 heterocycles. The van der Waals surface area contributed by atoms with Crippen molar-refractivity contribution in [3.63, 3.8) is 0 Å². The third kappa shape index (κ3) is 4.47. The molecule has 2 aromatic carbocycles. The fourth-order valence-electron chi connectivity index (χ4n) is 3.44. The molecular weight excluding hydrogens is 354 g/mol. The maximum atomic E-state index is 12.6. The quantitative estimate of drug-likeness (QED) is 0.778. The summed E-state index contributed by atoms with van der Waals surface area (Å²) < 4.78 is 16.6. The molecule has 1 aliphatic rings. The molecule has 0 spiro atoms. The summed E-state index contributed by atoms with van der Waals surface area (Å²) in [6.45, 7) is 6.11. The lowest BCUT2D eigenvalue weighted by Gasteiger charge is -2.38. The number of hydrogen-bond donors (Lipinski definition) is 1. The molecule has 0 radical (unpaired) electrons. The smallest absolute Gasteiger partial charge is 0.244 e. The first-order valence-corrected chi connectivity index (χ1v) is 9.31. The standard InChI is InChI=1S/C23H27NO4/c1-15-6-9-17-18(14-23(2,3)28-20(17)12-15)24-22(25)11-8-16-7-10-19(26-4)21(13-16)27-5/h6-13,18H,14H2,1-5H3,(H,24,25)/b11-8+/t18-/m1/s1. The highest BCUT2D eigenvalue weighted by atomic mass is 16.5. The van der Waals surface area contributed by atoms with E-state index < -0.39 is 0 Å². The Morgan fingerprint density at radius 2 is 1.89 bits per heavy atom. The van der Waals surface area contributed by atoms with Crippen molar-refractivity contribution in [1.82, 2.24) is 5.32 Å². The monoisotopic (exact) mass is 381 g/mol. The van der Waals surface area contributed by atoms with Gasteiger partial charge in [0.1, 0.15) is 11.4 Å². The summed E-state index contributed by atoms with van der Waals surface area (Å²) in [4.78, 5) is 12.6.